The Labute approximate surface area is 153 Å². The highest BCUT2D eigenvalue weighted by Crippen LogP contribution is 2.28. The molecule has 0 fully saturated rings. The Kier molecular flexibility index (Phi) is 4.95. The number of benzene rings is 2. The molecule has 2 aromatic rings. The quantitative estimate of drug-likeness (QED) is 0.774. The van der Waals surface area contributed by atoms with Crippen LogP contribution in [0, 0.1) is 6.92 Å². The second-order valence-corrected chi connectivity index (χ2v) is 7.91. The molecule has 2 aromatic carbocycles. The number of carbonyl (C=O) groups excluding carboxylic acids is 1. The lowest BCUT2D eigenvalue weighted by Gasteiger charge is -2.26. The number of allylic oxidation sites excluding steroid dienone is 1. The summed E-state index contributed by atoms with van der Waals surface area (Å²) >= 11 is 0. The van der Waals surface area contributed by atoms with Crippen LogP contribution in [-0.4, -0.2) is 25.2 Å². The number of rotatable bonds is 4. The van der Waals surface area contributed by atoms with E-state index in [4.69, 9.17) is 4.74 Å². The van der Waals surface area contributed by atoms with Crippen LogP contribution in [0.4, 0.5) is 0 Å². The Hall–Kier alpha value is -2.86. The van der Waals surface area contributed by atoms with Crippen molar-refractivity contribution in [3.8, 4) is 0 Å². The van der Waals surface area contributed by atoms with Crippen LogP contribution in [0.3, 0.4) is 0 Å². The fraction of sp³-hybridized carbons (Fsp3) is 0.150. The summed E-state index contributed by atoms with van der Waals surface area (Å²) in [5.41, 5.74) is 2.60. The van der Waals surface area contributed by atoms with Gasteiger partial charge in [-0.2, -0.15) is 0 Å². The molecule has 5 nitrogen and oxygen atoms in total. The summed E-state index contributed by atoms with van der Waals surface area (Å²) in [6.07, 6.45) is 3.04. The summed E-state index contributed by atoms with van der Waals surface area (Å²) in [5, 5.41) is 0. The first kappa shape index (κ1) is 17.9. The molecule has 0 saturated heterocycles. The van der Waals surface area contributed by atoms with E-state index in [9.17, 15) is 13.2 Å². The Morgan fingerprint density at radius 3 is 2.31 bits per heavy atom. The van der Waals surface area contributed by atoms with Gasteiger partial charge < -0.3 is 4.74 Å². The van der Waals surface area contributed by atoms with Gasteiger partial charge >= 0.3 is 5.97 Å². The van der Waals surface area contributed by atoms with Crippen molar-refractivity contribution in [2.45, 2.75) is 18.7 Å². The minimum absolute atomic E-state index is 0.158. The maximum Gasteiger partial charge on any atom is 0.308 e. The average molecular weight is 369 g/mol. The van der Waals surface area contributed by atoms with Crippen molar-refractivity contribution in [3.63, 3.8) is 0 Å². The molecule has 134 valence electrons. The number of sulfonamides is 1. The number of carbonyl (C=O) groups is 1. The Morgan fingerprint density at radius 2 is 1.69 bits per heavy atom. The molecular weight excluding hydrogens is 350 g/mol. The first-order valence-corrected chi connectivity index (χ1v) is 9.55. The predicted octanol–water partition coefficient (Wildman–Crippen LogP) is 3.49. The number of aryl methyl sites for hydroxylation is 1. The molecule has 1 aliphatic heterocycles. The van der Waals surface area contributed by atoms with Crippen molar-refractivity contribution < 1.29 is 17.9 Å². The predicted molar refractivity (Wildman–Crippen MR) is 99.3 cm³/mol. The van der Waals surface area contributed by atoms with Crippen LogP contribution < -0.4 is 0 Å². The van der Waals surface area contributed by atoms with Crippen molar-refractivity contribution in [2.75, 3.05) is 6.54 Å². The van der Waals surface area contributed by atoms with E-state index in [2.05, 4.69) is 0 Å². The van der Waals surface area contributed by atoms with E-state index in [-0.39, 0.29) is 17.2 Å². The molecule has 26 heavy (non-hydrogen) atoms. The van der Waals surface area contributed by atoms with Gasteiger partial charge in [-0.1, -0.05) is 48.0 Å². The van der Waals surface area contributed by atoms with Gasteiger partial charge in [-0.25, -0.2) is 8.42 Å². The second kappa shape index (κ2) is 7.17. The molecule has 0 amide bonds. The number of hydrogen-bond donors (Lipinski definition) is 0. The van der Waals surface area contributed by atoms with E-state index in [1.807, 2.05) is 37.3 Å². The fourth-order valence-corrected chi connectivity index (χ4v) is 3.96. The van der Waals surface area contributed by atoms with Gasteiger partial charge in [0.15, 0.2) is 0 Å². The van der Waals surface area contributed by atoms with Crippen molar-refractivity contribution in [1.29, 1.82) is 0 Å². The van der Waals surface area contributed by atoms with Crippen LogP contribution in [-0.2, 0) is 19.6 Å². The van der Waals surface area contributed by atoms with E-state index in [1.165, 1.54) is 17.4 Å². The summed E-state index contributed by atoms with van der Waals surface area (Å²) in [6.45, 7) is 3.33. The van der Waals surface area contributed by atoms with Crippen LogP contribution >= 0.6 is 0 Å². The zero-order chi connectivity index (χ0) is 18.7. The minimum Gasteiger partial charge on any atom is -0.425 e. The van der Waals surface area contributed by atoms with E-state index in [0.29, 0.717) is 0 Å². The highest BCUT2D eigenvalue weighted by Gasteiger charge is 2.27. The molecule has 3 rings (SSSR count). The highest BCUT2D eigenvalue weighted by molar-refractivity contribution is 7.89. The molecule has 0 bridgehead atoms. The van der Waals surface area contributed by atoms with Crippen molar-refractivity contribution in [1.82, 2.24) is 4.31 Å². The molecule has 0 aromatic heterocycles. The number of ether oxygens (including phenoxy) is 1. The van der Waals surface area contributed by atoms with Crippen LogP contribution in [0.1, 0.15) is 18.1 Å². The van der Waals surface area contributed by atoms with Gasteiger partial charge in [0.2, 0.25) is 0 Å². The monoisotopic (exact) mass is 369 g/mol. The maximum atomic E-state index is 13.0. The lowest BCUT2D eigenvalue weighted by molar-refractivity contribution is -0.136. The zero-order valence-corrected chi connectivity index (χ0v) is 15.4. The van der Waals surface area contributed by atoms with Crippen LogP contribution in [0.2, 0.25) is 0 Å². The smallest absolute Gasteiger partial charge is 0.308 e. The summed E-state index contributed by atoms with van der Waals surface area (Å²) in [4.78, 5) is 11.5. The number of hydrogen-bond acceptors (Lipinski definition) is 4. The van der Waals surface area contributed by atoms with Gasteiger partial charge in [0, 0.05) is 6.92 Å². The first-order chi connectivity index (χ1) is 12.4. The Balaban J connectivity index is 2.01. The average Bonchev–Trinajstić information content (AvgIpc) is 2.62. The molecule has 0 unspecified atom stereocenters. The van der Waals surface area contributed by atoms with Gasteiger partial charge in [-0.15, -0.1) is 0 Å². The van der Waals surface area contributed by atoms with Gasteiger partial charge in [0.1, 0.15) is 5.76 Å². The molecule has 1 heterocycles. The summed E-state index contributed by atoms with van der Waals surface area (Å²) in [6, 6.07) is 16.1. The summed E-state index contributed by atoms with van der Waals surface area (Å²) in [5.74, 6) is -0.312. The zero-order valence-electron chi connectivity index (χ0n) is 14.5. The van der Waals surface area contributed by atoms with Crippen LogP contribution in [0.15, 0.2) is 77.5 Å². The number of nitrogens with zero attached hydrogens (tertiary/aromatic N) is 1. The van der Waals surface area contributed by atoms with Gasteiger partial charge in [0.25, 0.3) is 10.0 Å². The molecule has 0 atom stereocenters. The fourth-order valence-electron chi connectivity index (χ4n) is 2.66. The number of esters is 1. The van der Waals surface area contributed by atoms with E-state index >= 15 is 0 Å². The summed E-state index contributed by atoms with van der Waals surface area (Å²) in [7, 11) is -3.76. The molecular formula is C20H19NO4S. The largest absolute Gasteiger partial charge is 0.425 e. The molecule has 0 aliphatic carbocycles. The first-order valence-electron chi connectivity index (χ1n) is 8.11. The lowest BCUT2D eigenvalue weighted by Crippen LogP contribution is -2.30. The van der Waals surface area contributed by atoms with Crippen molar-refractivity contribution in [2.24, 2.45) is 0 Å². The third-order valence-corrected chi connectivity index (χ3v) is 5.67. The topological polar surface area (TPSA) is 63.7 Å². The SMILES string of the molecule is CC(=O)OC1=CN(S(=O)(=O)c2ccc(C)cc2)CC(c2ccccc2)=C1. The van der Waals surface area contributed by atoms with E-state index in [1.54, 1.807) is 30.3 Å². The third-order valence-electron chi connectivity index (χ3n) is 3.95. The summed E-state index contributed by atoms with van der Waals surface area (Å²) < 4.78 is 32.4. The molecule has 0 saturated carbocycles. The van der Waals surface area contributed by atoms with Gasteiger partial charge in [0.05, 0.1) is 17.6 Å². The van der Waals surface area contributed by atoms with E-state index in [0.717, 1.165) is 16.7 Å². The normalized spacial score (nSPS) is 14.5. The van der Waals surface area contributed by atoms with Crippen LogP contribution in [0.5, 0.6) is 0 Å². The molecule has 1 aliphatic rings. The van der Waals surface area contributed by atoms with E-state index < -0.39 is 16.0 Å². The highest BCUT2D eigenvalue weighted by atomic mass is 32.2. The van der Waals surface area contributed by atoms with Crippen molar-refractivity contribution >= 4 is 21.6 Å². The lowest BCUT2D eigenvalue weighted by atomic mass is 10.0. The minimum atomic E-state index is -3.76. The molecule has 6 heteroatoms. The molecule has 0 spiro atoms. The van der Waals surface area contributed by atoms with Crippen molar-refractivity contribution in [3.05, 3.63) is 83.8 Å². The second-order valence-electron chi connectivity index (χ2n) is 6.02. The van der Waals surface area contributed by atoms with Crippen LogP contribution in [0.25, 0.3) is 5.57 Å². The van der Waals surface area contributed by atoms with Gasteiger partial charge in [-0.05, 0) is 36.3 Å². The third kappa shape index (κ3) is 3.86. The molecule has 0 radical (unpaired) electrons. The maximum absolute atomic E-state index is 13.0. The standard InChI is InChI=1S/C20H19NO4S/c1-15-8-10-20(11-9-15)26(23,24)21-13-18(17-6-4-3-5-7-17)12-19(14-21)25-16(2)22/h3-12,14H,13H2,1-2H3. The Morgan fingerprint density at radius 1 is 1.04 bits per heavy atom. The molecule has 0 N–H and O–H groups in total. The Bertz CT molecular complexity index is 974. The van der Waals surface area contributed by atoms with Gasteiger partial charge in [-0.3, -0.25) is 9.10 Å².